The fourth-order valence-corrected chi connectivity index (χ4v) is 2.82. The van der Waals surface area contributed by atoms with Gasteiger partial charge in [0, 0.05) is 19.6 Å². The first-order valence-electron chi connectivity index (χ1n) is 7.07. The molecule has 1 aromatic heterocycles. The van der Waals surface area contributed by atoms with E-state index >= 15 is 0 Å². The van der Waals surface area contributed by atoms with Crippen LogP contribution in [0.5, 0.6) is 0 Å². The normalized spacial score (nSPS) is 18.6. The predicted octanol–water partition coefficient (Wildman–Crippen LogP) is 3.25. The molecule has 0 aliphatic carbocycles. The number of rotatable bonds is 1. The van der Waals surface area contributed by atoms with Gasteiger partial charge in [0.25, 0.3) is 5.56 Å². The van der Waals surface area contributed by atoms with E-state index in [-0.39, 0.29) is 22.8 Å². The molecule has 2 aromatic rings. The van der Waals surface area contributed by atoms with Gasteiger partial charge in [-0.3, -0.25) is 4.79 Å². The first-order valence-corrected chi connectivity index (χ1v) is 7.23. The monoisotopic (exact) mass is 314 g/mol. The summed E-state index contributed by atoms with van der Waals surface area (Å²) in [5, 5.41) is 0. The molecule has 3 rings (SSSR count). The van der Waals surface area contributed by atoms with Crippen LogP contribution in [0.25, 0.3) is 11.4 Å². The number of fused-ring (bicyclic) bond motifs is 1. The summed E-state index contributed by atoms with van der Waals surface area (Å²) in [5.74, 6) is 0.617. The van der Waals surface area contributed by atoms with Gasteiger partial charge in [-0.1, -0.05) is 12.1 Å². The average Bonchev–Trinajstić information content (AvgIpc) is 2.47. The molecule has 0 bridgehead atoms. The Bertz CT molecular complexity index is 803. The Kier molecular flexibility index (Phi) is 2.94. The molecule has 0 atom stereocenters. The highest BCUT2D eigenvalue weighted by molar-refractivity contribution is 7.98. The Hall–Kier alpha value is -1.76. The Balaban J connectivity index is 2.08. The third-order valence-electron chi connectivity index (χ3n) is 3.09. The second-order valence-corrected chi connectivity index (χ2v) is 5.47. The molecule has 0 radical (unpaired) electrons. The molecule has 2 heterocycles. The summed E-state index contributed by atoms with van der Waals surface area (Å²) in [7, 11) is 0. The van der Waals surface area contributed by atoms with Crippen molar-refractivity contribution >= 4 is 11.8 Å². The summed E-state index contributed by atoms with van der Waals surface area (Å²) in [5.41, 5.74) is -0.613. The molecule has 0 unspecified atom stereocenters. The van der Waals surface area contributed by atoms with E-state index in [9.17, 15) is 18.0 Å². The van der Waals surface area contributed by atoms with Gasteiger partial charge in [-0.25, -0.2) is 4.98 Å². The quantitative estimate of drug-likeness (QED) is 0.879. The van der Waals surface area contributed by atoms with Crippen molar-refractivity contribution in [2.75, 3.05) is 5.75 Å². The van der Waals surface area contributed by atoms with Gasteiger partial charge in [0.15, 0.2) is 0 Å². The lowest BCUT2D eigenvalue weighted by Crippen LogP contribution is -2.21. The summed E-state index contributed by atoms with van der Waals surface area (Å²) in [6.07, 6.45) is -6.18. The lowest BCUT2D eigenvalue weighted by Gasteiger charge is -2.14. The number of benzene rings is 1. The van der Waals surface area contributed by atoms with Gasteiger partial charge in [-0.15, -0.1) is 0 Å². The van der Waals surface area contributed by atoms with Gasteiger partial charge >= 0.3 is 6.18 Å². The van der Waals surface area contributed by atoms with Gasteiger partial charge in [-0.05, 0) is 24.3 Å². The molecular weight excluding hydrogens is 301 g/mol. The zero-order valence-corrected chi connectivity index (χ0v) is 11.4. The zero-order chi connectivity index (χ0) is 16.8. The number of aromatic amines is 1. The van der Waals surface area contributed by atoms with Gasteiger partial charge in [0.1, 0.15) is 5.82 Å². The number of H-pyrrole nitrogens is 1. The van der Waals surface area contributed by atoms with Crippen LogP contribution in [0, 0.1) is 0 Å². The van der Waals surface area contributed by atoms with Crippen molar-refractivity contribution in [3.63, 3.8) is 0 Å². The summed E-state index contributed by atoms with van der Waals surface area (Å²) in [6.45, 7) is 0. The fourth-order valence-electron chi connectivity index (χ4n) is 2.00. The number of halogens is 3. The van der Waals surface area contributed by atoms with E-state index in [1.807, 2.05) is 0 Å². The molecule has 1 aliphatic rings. The third-order valence-corrected chi connectivity index (χ3v) is 3.93. The first kappa shape index (κ1) is 11.9. The number of nitrogens with one attached hydrogen (secondary N) is 1. The van der Waals surface area contributed by atoms with Gasteiger partial charge < -0.3 is 4.98 Å². The lowest BCUT2D eigenvalue weighted by atomic mass is 10.1. The number of aryl methyl sites for hydroxylation is 1. The van der Waals surface area contributed by atoms with Crippen LogP contribution in [0.1, 0.15) is 19.6 Å². The van der Waals surface area contributed by atoms with Crippen molar-refractivity contribution in [2.45, 2.75) is 18.3 Å². The highest BCUT2D eigenvalue weighted by Crippen LogP contribution is 2.30. The minimum atomic E-state index is -4.44. The average molecular weight is 314 g/mol. The van der Waals surface area contributed by atoms with Crippen molar-refractivity contribution < 1.29 is 15.9 Å². The van der Waals surface area contributed by atoms with Crippen molar-refractivity contribution in [1.82, 2.24) is 9.97 Å². The van der Waals surface area contributed by atoms with E-state index in [0.29, 0.717) is 11.3 Å². The third kappa shape index (κ3) is 2.83. The van der Waals surface area contributed by atoms with Crippen LogP contribution in [0.4, 0.5) is 13.2 Å². The fraction of sp³-hybridized carbons (Fsp3) is 0.286. The van der Waals surface area contributed by atoms with Crippen molar-refractivity contribution in [2.24, 2.45) is 0 Å². The zero-order valence-electron chi connectivity index (χ0n) is 12.6. The topological polar surface area (TPSA) is 45.8 Å². The van der Waals surface area contributed by atoms with Gasteiger partial charge in [0.2, 0.25) is 0 Å². The van der Waals surface area contributed by atoms with Gasteiger partial charge in [-0.2, -0.15) is 24.9 Å². The number of nitrogens with zero attached hydrogens (tertiary/aromatic N) is 1. The van der Waals surface area contributed by atoms with Crippen molar-refractivity contribution in [3.8, 4) is 11.4 Å². The smallest absolute Gasteiger partial charge is 0.306 e. The van der Waals surface area contributed by atoms with Crippen LogP contribution in [0.3, 0.4) is 0 Å². The SMILES string of the molecule is [2H]C1([2H])CSCc2c1nc(-c1ccc(C(F)(F)F)cc1)[nH]c2=O. The van der Waals surface area contributed by atoms with E-state index in [1.54, 1.807) is 0 Å². The van der Waals surface area contributed by atoms with Crippen LogP contribution < -0.4 is 5.56 Å². The van der Waals surface area contributed by atoms with E-state index in [0.717, 1.165) is 12.1 Å². The summed E-state index contributed by atoms with van der Waals surface area (Å²) in [6, 6.07) is 4.22. The van der Waals surface area contributed by atoms with Crippen LogP contribution in [-0.2, 0) is 18.3 Å². The summed E-state index contributed by atoms with van der Waals surface area (Å²) < 4.78 is 53.7. The molecule has 1 N–H and O–H groups in total. The number of aromatic nitrogens is 2. The Morgan fingerprint density at radius 3 is 2.67 bits per heavy atom. The predicted molar refractivity (Wildman–Crippen MR) is 75.2 cm³/mol. The summed E-state index contributed by atoms with van der Waals surface area (Å²) >= 11 is 1.31. The van der Waals surface area contributed by atoms with E-state index < -0.39 is 23.7 Å². The molecule has 110 valence electrons. The number of thioether (sulfide) groups is 1. The maximum Gasteiger partial charge on any atom is 0.416 e. The van der Waals surface area contributed by atoms with E-state index in [4.69, 9.17) is 2.74 Å². The molecule has 1 aliphatic heterocycles. The molecule has 0 saturated heterocycles. The van der Waals surface area contributed by atoms with Crippen molar-refractivity contribution in [1.29, 1.82) is 0 Å². The molecule has 0 fully saturated rings. The van der Waals surface area contributed by atoms with Crippen LogP contribution >= 0.6 is 11.8 Å². The van der Waals surface area contributed by atoms with Crippen molar-refractivity contribution in [3.05, 3.63) is 51.4 Å². The number of hydrogen-bond acceptors (Lipinski definition) is 3. The lowest BCUT2D eigenvalue weighted by molar-refractivity contribution is -0.137. The molecule has 1 aromatic carbocycles. The number of alkyl halides is 3. The maximum atomic E-state index is 12.6. The summed E-state index contributed by atoms with van der Waals surface area (Å²) in [4.78, 5) is 18.8. The molecule has 21 heavy (non-hydrogen) atoms. The maximum absolute atomic E-state index is 12.6. The van der Waals surface area contributed by atoms with Crippen LogP contribution in [-0.4, -0.2) is 15.7 Å². The highest BCUT2D eigenvalue weighted by Gasteiger charge is 2.30. The van der Waals surface area contributed by atoms with Gasteiger partial charge in [0.05, 0.1) is 11.3 Å². The van der Waals surface area contributed by atoms with Crippen LogP contribution in [0.2, 0.25) is 0 Å². The van der Waals surface area contributed by atoms with Crippen LogP contribution in [0.15, 0.2) is 29.1 Å². The number of hydrogen-bond donors (Lipinski definition) is 1. The molecule has 0 spiro atoms. The molecule has 0 saturated carbocycles. The minimum absolute atomic E-state index is 0.0647. The highest BCUT2D eigenvalue weighted by atomic mass is 32.2. The largest absolute Gasteiger partial charge is 0.416 e. The van der Waals surface area contributed by atoms with E-state index in [1.165, 1.54) is 23.9 Å². The Morgan fingerprint density at radius 2 is 2.00 bits per heavy atom. The molecule has 7 heteroatoms. The molecule has 0 amide bonds. The van der Waals surface area contributed by atoms with E-state index in [2.05, 4.69) is 9.97 Å². The Morgan fingerprint density at radius 1 is 1.29 bits per heavy atom. The molecule has 3 nitrogen and oxygen atoms in total. The minimum Gasteiger partial charge on any atom is -0.306 e. The second-order valence-electron chi connectivity index (χ2n) is 4.49. The Labute approximate surface area is 125 Å². The molecular formula is C14H11F3N2OS. The first-order chi connectivity index (χ1) is 10.7. The standard InChI is InChI=1S/C14H11F3N2OS/c15-14(16,17)9-3-1-8(2-4-9)12-18-11-5-6-21-7-10(11)13(20)19-12/h1-4H,5-7H2,(H,18,19,20)/i5D2. The second kappa shape index (κ2) is 5.22.